The molecule has 3 nitrogen and oxygen atoms in total. The van der Waals surface area contributed by atoms with Crippen molar-refractivity contribution in [2.45, 2.75) is 19.5 Å². The van der Waals surface area contributed by atoms with Gasteiger partial charge in [0.1, 0.15) is 9.84 Å². The lowest BCUT2D eigenvalue weighted by molar-refractivity contribution is -0.137. The number of nitrogens with one attached hydrogen (secondary N) is 1. The summed E-state index contributed by atoms with van der Waals surface area (Å²) >= 11 is 3.00. The van der Waals surface area contributed by atoms with E-state index in [0.717, 1.165) is 6.07 Å². The van der Waals surface area contributed by atoms with Crippen molar-refractivity contribution >= 4 is 31.5 Å². The first kappa shape index (κ1) is 17.3. The highest BCUT2D eigenvalue weighted by Crippen LogP contribution is 2.36. The van der Waals surface area contributed by atoms with Gasteiger partial charge in [0, 0.05) is 22.5 Å². The Labute approximate surface area is 124 Å². The van der Waals surface area contributed by atoms with Crippen LogP contribution < -0.4 is 5.32 Å². The molecule has 1 N–H and O–H groups in total. The van der Waals surface area contributed by atoms with E-state index < -0.39 is 21.6 Å². The average Bonchev–Trinajstić information content (AvgIpc) is 2.35. The predicted molar refractivity (Wildman–Crippen MR) is 76.6 cm³/mol. The molecule has 0 spiro atoms. The Bertz CT molecular complexity index is 558. The second-order valence-corrected chi connectivity index (χ2v) is 7.59. The number of halogens is 4. The van der Waals surface area contributed by atoms with Crippen LogP contribution >= 0.6 is 15.9 Å². The summed E-state index contributed by atoms with van der Waals surface area (Å²) in [5, 5.41) is 2.64. The van der Waals surface area contributed by atoms with Crippen LogP contribution in [0.3, 0.4) is 0 Å². The molecule has 114 valence electrons. The van der Waals surface area contributed by atoms with Crippen LogP contribution in [0.1, 0.15) is 18.9 Å². The fourth-order valence-electron chi connectivity index (χ4n) is 1.56. The van der Waals surface area contributed by atoms with Crippen molar-refractivity contribution in [2.24, 2.45) is 0 Å². The molecule has 1 aromatic carbocycles. The van der Waals surface area contributed by atoms with Crippen LogP contribution in [0.4, 0.5) is 18.9 Å². The highest BCUT2D eigenvalue weighted by molar-refractivity contribution is 9.10. The number of hydrogen-bond donors (Lipinski definition) is 1. The van der Waals surface area contributed by atoms with E-state index in [4.69, 9.17) is 0 Å². The van der Waals surface area contributed by atoms with Crippen LogP contribution in [-0.4, -0.2) is 26.5 Å². The summed E-state index contributed by atoms with van der Waals surface area (Å²) < 4.78 is 61.3. The molecule has 0 unspecified atom stereocenters. The first-order chi connectivity index (χ1) is 9.15. The van der Waals surface area contributed by atoms with E-state index in [1.807, 2.05) is 0 Å². The lowest BCUT2D eigenvalue weighted by atomic mass is 10.1. The van der Waals surface area contributed by atoms with Crippen molar-refractivity contribution in [3.8, 4) is 0 Å². The molecular formula is C12H15BrF3NO2S. The minimum Gasteiger partial charge on any atom is -0.385 e. The summed E-state index contributed by atoms with van der Waals surface area (Å²) in [5.74, 6) is 0.00740. The molecule has 8 heteroatoms. The molecule has 0 amide bonds. The maximum absolute atomic E-state index is 12.8. The highest BCUT2D eigenvalue weighted by atomic mass is 79.9. The largest absolute Gasteiger partial charge is 0.418 e. The van der Waals surface area contributed by atoms with Gasteiger partial charge in [0.25, 0.3) is 0 Å². The topological polar surface area (TPSA) is 46.2 Å². The van der Waals surface area contributed by atoms with Crippen LogP contribution in [0.2, 0.25) is 0 Å². The van der Waals surface area contributed by atoms with E-state index in [1.54, 1.807) is 6.92 Å². The molecule has 20 heavy (non-hydrogen) atoms. The van der Waals surface area contributed by atoms with Gasteiger partial charge in [-0.3, -0.25) is 0 Å². The van der Waals surface area contributed by atoms with Gasteiger partial charge in [-0.05, 0) is 24.6 Å². The van der Waals surface area contributed by atoms with E-state index >= 15 is 0 Å². The predicted octanol–water partition coefficient (Wildman–Crippen LogP) is 3.70. The summed E-state index contributed by atoms with van der Waals surface area (Å²) in [4.78, 5) is 0. The number of sulfone groups is 1. The minimum atomic E-state index is -4.46. The van der Waals surface area contributed by atoms with Crippen molar-refractivity contribution in [3.05, 3.63) is 28.2 Å². The zero-order valence-corrected chi connectivity index (χ0v) is 13.2. The van der Waals surface area contributed by atoms with Crippen LogP contribution in [0.15, 0.2) is 22.7 Å². The van der Waals surface area contributed by atoms with Gasteiger partial charge in [-0.25, -0.2) is 8.42 Å². The summed E-state index contributed by atoms with van der Waals surface area (Å²) in [6, 6.07) is 3.81. The fourth-order valence-corrected chi connectivity index (χ4v) is 2.80. The molecule has 0 saturated heterocycles. The summed E-state index contributed by atoms with van der Waals surface area (Å²) in [6.07, 6.45) is -4.19. The Balaban J connectivity index is 2.69. The smallest absolute Gasteiger partial charge is 0.385 e. The molecule has 0 aliphatic carbocycles. The van der Waals surface area contributed by atoms with Gasteiger partial charge in [-0.1, -0.05) is 22.9 Å². The van der Waals surface area contributed by atoms with Crippen LogP contribution in [0, 0.1) is 0 Å². The van der Waals surface area contributed by atoms with Gasteiger partial charge in [0.2, 0.25) is 0 Å². The van der Waals surface area contributed by atoms with Crippen molar-refractivity contribution in [3.63, 3.8) is 0 Å². The molecule has 0 fully saturated rings. The first-order valence-corrected chi connectivity index (χ1v) is 8.58. The maximum atomic E-state index is 12.8. The molecule has 0 bridgehead atoms. The number of anilines is 1. The van der Waals surface area contributed by atoms with Gasteiger partial charge in [0.05, 0.1) is 11.3 Å². The van der Waals surface area contributed by atoms with Crippen molar-refractivity contribution in [2.75, 3.05) is 23.4 Å². The average molecular weight is 374 g/mol. The standard InChI is InChI=1S/C12H15BrF3NO2S/c1-2-20(18,19)7-3-6-17-11-5-4-9(13)8-10(11)12(14,15)16/h4-5,8,17H,2-3,6-7H2,1H3. The van der Waals surface area contributed by atoms with Crippen molar-refractivity contribution in [1.82, 2.24) is 0 Å². The molecule has 0 atom stereocenters. The summed E-state index contributed by atoms with van der Waals surface area (Å²) in [5.41, 5.74) is -0.820. The van der Waals surface area contributed by atoms with Gasteiger partial charge < -0.3 is 5.32 Å². The third kappa shape index (κ3) is 5.32. The van der Waals surface area contributed by atoms with Crippen LogP contribution in [-0.2, 0) is 16.0 Å². The number of alkyl halides is 3. The molecule has 0 radical (unpaired) electrons. The van der Waals surface area contributed by atoms with E-state index in [-0.39, 0.29) is 30.2 Å². The van der Waals surface area contributed by atoms with Crippen LogP contribution in [0.5, 0.6) is 0 Å². The number of benzene rings is 1. The monoisotopic (exact) mass is 373 g/mol. The van der Waals surface area contributed by atoms with Gasteiger partial charge >= 0.3 is 6.18 Å². The quantitative estimate of drug-likeness (QED) is 0.773. The van der Waals surface area contributed by atoms with Gasteiger partial charge in [0.15, 0.2) is 0 Å². The summed E-state index contributed by atoms with van der Waals surface area (Å²) in [6.45, 7) is 1.71. The molecule has 1 rings (SSSR count). The van der Waals surface area contributed by atoms with E-state index in [9.17, 15) is 21.6 Å². The Hall–Kier alpha value is -0.760. The normalized spacial score (nSPS) is 12.4. The molecule has 0 aromatic heterocycles. The Kier molecular flexibility index (Phi) is 5.88. The molecule has 1 aromatic rings. The van der Waals surface area contributed by atoms with Crippen LogP contribution in [0.25, 0.3) is 0 Å². The zero-order valence-electron chi connectivity index (χ0n) is 10.8. The first-order valence-electron chi connectivity index (χ1n) is 5.97. The second kappa shape index (κ2) is 6.80. The number of hydrogen-bond acceptors (Lipinski definition) is 3. The SMILES string of the molecule is CCS(=O)(=O)CCCNc1ccc(Br)cc1C(F)(F)F. The lowest BCUT2D eigenvalue weighted by Gasteiger charge is -2.15. The second-order valence-electron chi connectivity index (χ2n) is 4.20. The van der Waals surface area contributed by atoms with Crippen molar-refractivity contribution in [1.29, 1.82) is 0 Å². The maximum Gasteiger partial charge on any atom is 0.418 e. The fraction of sp³-hybridized carbons (Fsp3) is 0.500. The molecule has 0 heterocycles. The third-order valence-electron chi connectivity index (χ3n) is 2.67. The zero-order chi connectivity index (χ0) is 15.4. The van der Waals surface area contributed by atoms with Crippen molar-refractivity contribution < 1.29 is 21.6 Å². The highest BCUT2D eigenvalue weighted by Gasteiger charge is 2.33. The Morgan fingerprint density at radius 1 is 1.30 bits per heavy atom. The summed E-state index contributed by atoms with van der Waals surface area (Å²) in [7, 11) is -3.09. The van der Waals surface area contributed by atoms with Gasteiger partial charge in [-0.2, -0.15) is 13.2 Å². The molecular weight excluding hydrogens is 359 g/mol. The molecule has 0 aliphatic heterocycles. The Morgan fingerprint density at radius 3 is 2.50 bits per heavy atom. The Morgan fingerprint density at radius 2 is 1.95 bits per heavy atom. The van der Waals surface area contributed by atoms with Gasteiger partial charge in [-0.15, -0.1) is 0 Å². The minimum absolute atomic E-state index is 0.0334. The molecule has 0 aliphatic rings. The number of rotatable bonds is 6. The van der Waals surface area contributed by atoms with E-state index in [0.29, 0.717) is 4.47 Å². The van der Waals surface area contributed by atoms with E-state index in [1.165, 1.54) is 12.1 Å². The lowest BCUT2D eigenvalue weighted by Crippen LogP contribution is -2.15. The third-order valence-corrected chi connectivity index (χ3v) is 4.96. The molecule has 0 saturated carbocycles. The van der Waals surface area contributed by atoms with E-state index in [2.05, 4.69) is 21.2 Å².